The number of methoxy groups -OCH3 is 1. The zero-order valence-electron chi connectivity index (χ0n) is 13.3. The molecule has 0 saturated carbocycles. The van der Waals surface area contributed by atoms with Crippen molar-refractivity contribution >= 4 is 27.8 Å². The van der Waals surface area contributed by atoms with E-state index in [9.17, 15) is 9.59 Å². The van der Waals surface area contributed by atoms with E-state index in [-0.39, 0.29) is 24.0 Å². The highest BCUT2D eigenvalue weighted by atomic mass is 16.5. The largest absolute Gasteiger partial charge is 0.497 e. The van der Waals surface area contributed by atoms with Gasteiger partial charge in [-0.2, -0.15) is 0 Å². The van der Waals surface area contributed by atoms with Crippen molar-refractivity contribution < 1.29 is 19.1 Å². The predicted molar refractivity (Wildman–Crippen MR) is 90.6 cm³/mol. The zero-order chi connectivity index (χ0) is 17.3. The number of benzene rings is 2. The van der Waals surface area contributed by atoms with E-state index in [1.807, 2.05) is 0 Å². The van der Waals surface area contributed by atoms with Crippen LogP contribution < -0.4 is 15.5 Å². The SMILES string of the molecule is COc1ccc2c(=O)c3cc(C(=O)N[C@@H](C)CO)ccc3oc2c1. The molecule has 0 spiro atoms. The van der Waals surface area contributed by atoms with Crippen LogP contribution >= 0.6 is 0 Å². The van der Waals surface area contributed by atoms with E-state index in [2.05, 4.69) is 5.32 Å². The van der Waals surface area contributed by atoms with Gasteiger partial charge >= 0.3 is 0 Å². The first-order valence-corrected chi connectivity index (χ1v) is 7.50. The van der Waals surface area contributed by atoms with Crippen molar-refractivity contribution in [1.82, 2.24) is 5.32 Å². The monoisotopic (exact) mass is 327 g/mol. The Morgan fingerprint density at radius 2 is 2.00 bits per heavy atom. The predicted octanol–water partition coefficient (Wildman–Crippen LogP) is 2.07. The van der Waals surface area contributed by atoms with Crippen LogP contribution in [0.5, 0.6) is 5.75 Å². The standard InChI is InChI=1S/C18H17NO5/c1-10(9-20)19-18(22)11-3-6-15-14(7-11)17(21)13-5-4-12(23-2)8-16(13)24-15/h3-8,10,20H,9H2,1-2H3,(H,19,22)/t10-/m0/s1. The lowest BCUT2D eigenvalue weighted by Crippen LogP contribution is -2.35. The van der Waals surface area contributed by atoms with Crippen LogP contribution in [0.25, 0.3) is 21.9 Å². The third-order valence-electron chi connectivity index (χ3n) is 3.79. The van der Waals surface area contributed by atoms with Crippen LogP contribution in [0.1, 0.15) is 17.3 Å². The molecule has 0 bridgehead atoms. The van der Waals surface area contributed by atoms with Gasteiger partial charge in [-0.05, 0) is 37.3 Å². The Kier molecular flexibility index (Phi) is 4.22. The van der Waals surface area contributed by atoms with Gasteiger partial charge in [-0.15, -0.1) is 0 Å². The Balaban J connectivity index is 2.13. The molecule has 6 nitrogen and oxygen atoms in total. The summed E-state index contributed by atoms with van der Waals surface area (Å²) in [5, 5.41) is 12.4. The van der Waals surface area contributed by atoms with Crippen LogP contribution in [0.3, 0.4) is 0 Å². The maximum Gasteiger partial charge on any atom is 0.251 e. The molecule has 24 heavy (non-hydrogen) atoms. The summed E-state index contributed by atoms with van der Waals surface area (Å²) in [5.74, 6) is 0.242. The number of amides is 1. The molecule has 3 rings (SSSR count). The van der Waals surface area contributed by atoms with Gasteiger partial charge in [0.1, 0.15) is 16.9 Å². The highest BCUT2D eigenvalue weighted by Gasteiger charge is 2.13. The van der Waals surface area contributed by atoms with Crippen LogP contribution in [0.15, 0.2) is 45.6 Å². The third kappa shape index (κ3) is 2.83. The number of nitrogens with one attached hydrogen (secondary N) is 1. The number of aliphatic hydroxyl groups excluding tert-OH is 1. The summed E-state index contributed by atoms with van der Waals surface area (Å²) in [6.45, 7) is 1.53. The summed E-state index contributed by atoms with van der Waals surface area (Å²) < 4.78 is 10.9. The Morgan fingerprint density at radius 3 is 2.71 bits per heavy atom. The number of carbonyl (C=O) groups is 1. The molecule has 0 aliphatic carbocycles. The fourth-order valence-corrected chi connectivity index (χ4v) is 2.46. The molecule has 0 fully saturated rings. The molecule has 0 saturated heterocycles. The van der Waals surface area contributed by atoms with Gasteiger partial charge < -0.3 is 19.6 Å². The number of aliphatic hydroxyl groups is 1. The molecule has 2 N–H and O–H groups in total. The maximum absolute atomic E-state index is 12.7. The number of hydrogen-bond acceptors (Lipinski definition) is 5. The molecule has 0 unspecified atom stereocenters. The second kappa shape index (κ2) is 6.33. The summed E-state index contributed by atoms with van der Waals surface area (Å²) in [7, 11) is 1.54. The summed E-state index contributed by atoms with van der Waals surface area (Å²) in [6.07, 6.45) is 0. The summed E-state index contributed by atoms with van der Waals surface area (Å²) in [6, 6.07) is 9.29. The number of hydrogen-bond donors (Lipinski definition) is 2. The number of carbonyl (C=O) groups excluding carboxylic acids is 1. The van der Waals surface area contributed by atoms with Gasteiger partial charge in [-0.1, -0.05) is 0 Å². The summed E-state index contributed by atoms with van der Waals surface area (Å²) in [4.78, 5) is 24.8. The summed E-state index contributed by atoms with van der Waals surface area (Å²) >= 11 is 0. The molecule has 2 aromatic carbocycles. The zero-order valence-corrected chi connectivity index (χ0v) is 13.3. The van der Waals surface area contributed by atoms with Gasteiger partial charge in [-0.25, -0.2) is 0 Å². The fraction of sp³-hybridized carbons (Fsp3) is 0.222. The molecular formula is C18H17NO5. The molecule has 1 aromatic heterocycles. The molecule has 124 valence electrons. The van der Waals surface area contributed by atoms with E-state index in [0.29, 0.717) is 33.3 Å². The van der Waals surface area contributed by atoms with Gasteiger partial charge in [0.2, 0.25) is 5.43 Å². The molecule has 0 aliphatic rings. The Hall–Kier alpha value is -2.86. The Bertz CT molecular complexity index is 976. The van der Waals surface area contributed by atoms with Crippen molar-refractivity contribution in [2.75, 3.05) is 13.7 Å². The Labute approximate surface area is 137 Å². The van der Waals surface area contributed by atoms with Crippen LogP contribution in [0.4, 0.5) is 0 Å². The van der Waals surface area contributed by atoms with Gasteiger partial charge in [0.25, 0.3) is 5.91 Å². The normalized spacial score (nSPS) is 12.3. The molecule has 0 aliphatic heterocycles. The van der Waals surface area contributed by atoms with E-state index in [1.54, 1.807) is 44.4 Å². The molecule has 1 atom stereocenters. The van der Waals surface area contributed by atoms with Crippen molar-refractivity contribution in [3.05, 3.63) is 52.2 Å². The van der Waals surface area contributed by atoms with E-state index < -0.39 is 0 Å². The van der Waals surface area contributed by atoms with Crippen LogP contribution in [-0.2, 0) is 0 Å². The van der Waals surface area contributed by atoms with E-state index in [4.69, 9.17) is 14.3 Å². The summed E-state index contributed by atoms with van der Waals surface area (Å²) in [5.41, 5.74) is 0.951. The molecule has 6 heteroatoms. The minimum Gasteiger partial charge on any atom is -0.497 e. The first-order chi connectivity index (χ1) is 11.5. The van der Waals surface area contributed by atoms with Crippen LogP contribution in [-0.4, -0.2) is 30.8 Å². The smallest absolute Gasteiger partial charge is 0.251 e. The Morgan fingerprint density at radius 1 is 1.21 bits per heavy atom. The van der Waals surface area contributed by atoms with Crippen molar-refractivity contribution in [3.63, 3.8) is 0 Å². The van der Waals surface area contributed by atoms with Gasteiger partial charge in [-0.3, -0.25) is 9.59 Å². The molecular weight excluding hydrogens is 310 g/mol. The minimum absolute atomic E-state index is 0.159. The number of rotatable bonds is 4. The van der Waals surface area contributed by atoms with Crippen LogP contribution in [0.2, 0.25) is 0 Å². The lowest BCUT2D eigenvalue weighted by atomic mass is 10.1. The maximum atomic E-state index is 12.7. The highest BCUT2D eigenvalue weighted by Crippen LogP contribution is 2.23. The van der Waals surface area contributed by atoms with E-state index in [1.165, 1.54) is 6.07 Å². The molecule has 1 heterocycles. The van der Waals surface area contributed by atoms with E-state index in [0.717, 1.165) is 0 Å². The fourth-order valence-electron chi connectivity index (χ4n) is 2.46. The lowest BCUT2D eigenvalue weighted by Gasteiger charge is -2.11. The first-order valence-electron chi connectivity index (χ1n) is 7.50. The molecule has 3 aromatic rings. The number of fused-ring (bicyclic) bond motifs is 2. The highest BCUT2D eigenvalue weighted by molar-refractivity contribution is 5.99. The average molecular weight is 327 g/mol. The number of ether oxygens (including phenoxy) is 1. The van der Waals surface area contributed by atoms with E-state index >= 15 is 0 Å². The topological polar surface area (TPSA) is 88.8 Å². The van der Waals surface area contributed by atoms with Crippen LogP contribution in [0, 0.1) is 0 Å². The van der Waals surface area contributed by atoms with Crippen molar-refractivity contribution in [3.8, 4) is 5.75 Å². The van der Waals surface area contributed by atoms with Gasteiger partial charge in [0.15, 0.2) is 0 Å². The minimum atomic E-state index is -0.367. The van der Waals surface area contributed by atoms with Crippen molar-refractivity contribution in [2.45, 2.75) is 13.0 Å². The average Bonchev–Trinajstić information content (AvgIpc) is 2.60. The third-order valence-corrected chi connectivity index (χ3v) is 3.79. The molecule has 1 amide bonds. The second-order valence-corrected chi connectivity index (χ2v) is 5.56. The first kappa shape index (κ1) is 16.0. The van der Waals surface area contributed by atoms with Gasteiger partial charge in [0.05, 0.1) is 24.5 Å². The quantitative estimate of drug-likeness (QED) is 0.716. The van der Waals surface area contributed by atoms with Crippen molar-refractivity contribution in [1.29, 1.82) is 0 Å². The molecule has 0 radical (unpaired) electrons. The second-order valence-electron chi connectivity index (χ2n) is 5.56. The van der Waals surface area contributed by atoms with Crippen molar-refractivity contribution in [2.24, 2.45) is 0 Å². The van der Waals surface area contributed by atoms with Gasteiger partial charge in [0, 0.05) is 17.7 Å². The lowest BCUT2D eigenvalue weighted by molar-refractivity contribution is 0.0922.